The first-order valence-electron chi connectivity index (χ1n) is 6.02. The summed E-state index contributed by atoms with van der Waals surface area (Å²) < 4.78 is 1.15. The molecule has 0 aliphatic carbocycles. The molecule has 0 spiro atoms. The Balaban J connectivity index is 2.06. The van der Waals surface area contributed by atoms with Crippen LogP contribution in [0.15, 0.2) is 6.20 Å². The number of hydrogen-bond donors (Lipinski definition) is 1. The molecule has 2 heterocycles. The Labute approximate surface area is 115 Å². The molecule has 19 heavy (non-hydrogen) atoms. The molecule has 7 nitrogen and oxygen atoms in total. The van der Waals surface area contributed by atoms with Crippen LogP contribution in [0.2, 0.25) is 0 Å². The van der Waals surface area contributed by atoms with Crippen LogP contribution >= 0.6 is 11.8 Å². The van der Waals surface area contributed by atoms with Crippen LogP contribution < -0.4 is 0 Å². The molecule has 1 aliphatic rings. The Kier molecular flexibility index (Phi) is 4.08. The normalized spacial score (nSPS) is 23.4. The fourth-order valence-corrected chi connectivity index (χ4v) is 3.44. The van der Waals surface area contributed by atoms with Crippen LogP contribution in [-0.4, -0.2) is 60.5 Å². The van der Waals surface area contributed by atoms with Gasteiger partial charge in [0.2, 0.25) is 0 Å². The molecule has 104 valence electrons. The van der Waals surface area contributed by atoms with Gasteiger partial charge in [-0.3, -0.25) is 9.59 Å². The summed E-state index contributed by atoms with van der Waals surface area (Å²) in [6.45, 7) is 5.24. The number of carboxylic acid groups (broad SMARTS) is 1. The number of carbonyl (C=O) groups excluding carboxylic acids is 1. The quantitative estimate of drug-likeness (QED) is 0.860. The summed E-state index contributed by atoms with van der Waals surface area (Å²) in [4.78, 5) is 24.5. The Hall–Kier alpha value is -1.57. The van der Waals surface area contributed by atoms with Gasteiger partial charge in [0.05, 0.1) is 6.20 Å². The number of nitrogens with zero attached hydrogens (tertiary/aromatic N) is 4. The van der Waals surface area contributed by atoms with Gasteiger partial charge in [0, 0.05) is 23.6 Å². The summed E-state index contributed by atoms with van der Waals surface area (Å²) in [5.74, 6) is -1.20. The fraction of sp³-hybridized carbons (Fsp3) is 0.636. The molecule has 1 aromatic heterocycles. The van der Waals surface area contributed by atoms with Gasteiger partial charge in [0.25, 0.3) is 5.91 Å². The topological polar surface area (TPSA) is 88.3 Å². The lowest BCUT2D eigenvalue weighted by molar-refractivity contribution is -0.137. The van der Waals surface area contributed by atoms with Gasteiger partial charge in [-0.15, -0.1) is 5.10 Å². The van der Waals surface area contributed by atoms with E-state index >= 15 is 0 Å². The third kappa shape index (κ3) is 3.46. The summed E-state index contributed by atoms with van der Waals surface area (Å²) in [5, 5.41) is 16.8. The minimum absolute atomic E-state index is 0.185. The van der Waals surface area contributed by atoms with Gasteiger partial charge in [-0.1, -0.05) is 19.1 Å². The maximum Gasteiger partial charge on any atom is 0.325 e. The van der Waals surface area contributed by atoms with Crippen molar-refractivity contribution >= 4 is 23.6 Å². The second-order valence-corrected chi connectivity index (χ2v) is 6.54. The Morgan fingerprint density at radius 2 is 2.05 bits per heavy atom. The first-order chi connectivity index (χ1) is 8.95. The molecule has 1 aromatic rings. The van der Waals surface area contributed by atoms with Gasteiger partial charge in [0.1, 0.15) is 6.54 Å². The summed E-state index contributed by atoms with van der Waals surface area (Å²) in [7, 11) is 0. The van der Waals surface area contributed by atoms with Gasteiger partial charge < -0.3 is 10.0 Å². The molecule has 8 heteroatoms. The molecule has 1 fully saturated rings. The smallest absolute Gasteiger partial charge is 0.325 e. The SMILES string of the molecule is CC1CN(C(=O)c2cn(CC(=O)O)nn2)CC(C)S1. The van der Waals surface area contributed by atoms with Gasteiger partial charge in [-0.25, -0.2) is 4.68 Å². The molecule has 0 saturated carbocycles. The average molecular weight is 284 g/mol. The Morgan fingerprint density at radius 1 is 1.42 bits per heavy atom. The summed E-state index contributed by atoms with van der Waals surface area (Å²) >= 11 is 1.86. The van der Waals surface area contributed by atoms with Crippen LogP contribution in [0, 0.1) is 0 Å². The second-order valence-electron chi connectivity index (χ2n) is 4.66. The van der Waals surface area contributed by atoms with Crippen LogP contribution in [0.4, 0.5) is 0 Å². The highest BCUT2D eigenvalue weighted by Crippen LogP contribution is 2.25. The lowest BCUT2D eigenvalue weighted by Gasteiger charge is -2.34. The van der Waals surface area contributed by atoms with Gasteiger partial charge in [-0.05, 0) is 0 Å². The van der Waals surface area contributed by atoms with E-state index in [1.807, 2.05) is 11.8 Å². The van der Waals surface area contributed by atoms with Gasteiger partial charge in [-0.2, -0.15) is 11.8 Å². The fourth-order valence-electron chi connectivity index (χ4n) is 2.12. The van der Waals surface area contributed by atoms with Gasteiger partial charge in [0.15, 0.2) is 5.69 Å². The molecule has 2 rings (SSSR count). The van der Waals surface area contributed by atoms with Crippen molar-refractivity contribution in [3.05, 3.63) is 11.9 Å². The molecular weight excluding hydrogens is 268 g/mol. The van der Waals surface area contributed by atoms with Crippen molar-refractivity contribution < 1.29 is 14.7 Å². The maximum absolute atomic E-state index is 12.2. The molecule has 0 aromatic carbocycles. The molecule has 2 atom stereocenters. The first-order valence-corrected chi connectivity index (χ1v) is 6.96. The van der Waals surface area contributed by atoms with E-state index in [0.29, 0.717) is 23.6 Å². The molecule has 2 unspecified atom stereocenters. The molecular formula is C11H16N4O3S. The van der Waals surface area contributed by atoms with E-state index in [4.69, 9.17) is 5.11 Å². The lowest BCUT2D eigenvalue weighted by Crippen LogP contribution is -2.44. The van der Waals surface area contributed by atoms with Crippen LogP contribution in [0.3, 0.4) is 0 Å². The van der Waals surface area contributed by atoms with E-state index in [1.165, 1.54) is 6.20 Å². The van der Waals surface area contributed by atoms with Gasteiger partial charge >= 0.3 is 5.97 Å². The average Bonchev–Trinajstić information content (AvgIpc) is 2.74. The second kappa shape index (κ2) is 5.60. The van der Waals surface area contributed by atoms with Crippen molar-refractivity contribution in [2.75, 3.05) is 13.1 Å². The van der Waals surface area contributed by atoms with E-state index in [0.717, 1.165) is 4.68 Å². The van der Waals surface area contributed by atoms with E-state index < -0.39 is 5.97 Å². The predicted molar refractivity (Wildman–Crippen MR) is 70.1 cm³/mol. The summed E-state index contributed by atoms with van der Waals surface area (Å²) in [6.07, 6.45) is 1.38. The van der Waals surface area contributed by atoms with Crippen molar-refractivity contribution in [2.45, 2.75) is 30.9 Å². The van der Waals surface area contributed by atoms with E-state index in [-0.39, 0.29) is 18.1 Å². The number of rotatable bonds is 3. The van der Waals surface area contributed by atoms with E-state index in [9.17, 15) is 9.59 Å². The lowest BCUT2D eigenvalue weighted by atomic mass is 10.3. The Morgan fingerprint density at radius 3 is 2.63 bits per heavy atom. The van der Waals surface area contributed by atoms with Crippen LogP contribution in [0.25, 0.3) is 0 Å². The van der Waals surface area contributed by atoms with Crippen molar-refractivity contribution in [1.29, 1.82) is 0 Å². The standard InChI is InChI=1S/C11H16N4O3S/c1-7-3-14(4-8(2)19-7)11(18)9-5-15(13-12-9)6-10(16)17/h5,7-8H,3-4,6H2,1-2H3,(H,16,17). The van der Waals surface area contributed by atoms with Crippen LogP contribution in [0.5, 0.6) is 0 Å². The number of aliphatic carboxylic acids is 1. The minimum Gasteiger partial charge on any atom is -0.480 e. The number of hydrogen-bond acceptors (Lipinski definition) is 5. The zero-order valence-corrected chi connectivity index (χ0v) is 11.6. The van der Waals surface area contributed by atoms with E-state index in [1.54, 1.807) is 4.90 Å². The highest BCUT2D eigenvalue weighted by atomic mass is 32.2. The Bertz CT molecular complexity index is 480. The minimum atomic E-state index is -1.01. The van der Waals surface area contributed by atoms with Crippen molar-refractivity contribution in [3.8, 4) is 0 Å². The zero-order valence-electron chi connectivity index (χ0n) is 10.8. The third-order valence-electron chi connectivity index (χ3n) is 2.76. The highest BCUT2D eigenvalue weighted by Gasteiger charge is 2.28. The van der Waals surface area contributed by atoms with E-state index in [2.05, 4.69) is 24.2 Å². The largest absolute Gasteiger partial charge is 0.480 e. The molecule has 1 amide bonds. The number of carboxylic acids is 1. The number of thioether (sulfide) groups is 1. The van der Waals surface area contributed by atoms with Crippen LogP contribution in [-0.2, 0) is 11.3 Å². The molecule has 1 N–H and O–H groups in total. The molecule has 0 bridgehead atoms. The molecule has 1 saturated heterocycles. The zero-order chi connectivity index (χ0) is 14.0. The number of carbonyl (C=O) groups is 2. The van der Waals surface area contributed by atoms with Crippen molar-refractivity contribution in [2.24, 2.45) is 0 Å². The summed E-state index contributed by atoms with van der Waals surface area (Å²) in [5.41, 5.74) is 0.201. The van der Waals surface area contributed by atoms with Crippen molar-refractivity contribution in [1.82, 2.24) is 19.9 Å². The number of aromatic nitrogens is 3. The highest BCUT2D eigenvalue weighted by molar-refractivity contribution is 8.00. The third-order valence-corrected chi connectivity index (χ3v) is 3.99. The monoisotopic (exact) mass is 284 g/mol. The maximum atomic E-state index is 12.2. The van der Waals surface area contributed by atoms with Crippen molar-refractivity contribution in [3.63, 3.8) is 0 Å². The predicted octanol–water partition coefficient (Wildman–Crippen LogP) is 0.329. The number of amides is 1. The van der Waals surface area contributed by atoms with Crippen LogP contribution in [0.1, 0.15) is 24.3 Å². The summed E-state index contributed by atoms with van der Waals surface area (Å²) in [6, 6.07) is 0. The molecule has 0 radical (unpaired) electrons. The molecule has 1 aliphatic heterocycles. The first kappa shape index (κ1) is 13.9.